The fourth-order valence-electron chi connectivity index (χ4n) is 0.947. The number of nitrogens with one attached hydrogen (secondary N) is 1. The molecule has 0 spiro atoms. The van der Waals surface area contributed by atoms with E-state index in [4.69, 9.17) is 5.11 Å². The van der Waals surface area contributed by atoms with Crippen LogP contribution in [0, 0.1) is 0 Å². The molecule has 0 aliphatic heterocycles. The summed E-state index contributed by atoms with van der Waals surface area (Å²) in [7, 11) is 0. The summed E-state index contributed by atoms with van der Waals surface area (Å²) in [5, 5.41) is 10.2. The first kappa shape index (κ1) is 13.5. The molecule has 0 heterocycles. The van der Waals surface area contributed by atoms with Crippen molar-refractivity contribution in [2.24, 2.45) is 0 Å². The van der Waals surface area contributed by atoms with E-state index in [9.17, 15) is 22.8 Å². The van der Waals surface area contributed by atoms with Crippen molar-refractivity contribution in [1.82, 2.24) is 0 Å². The van der Waals surface area contributed by atoms with Crippen molar-refractivity contribution >= 4 is 33.5 Å². The van der Waals surface area contributed by atoms with Gasteiger partial charge in [-0.1, -0.05) is 0 Å². The Bertz CT molecular complexity index is 473. The lowest BCUT2D eigenvalue weighted by Crippen LogP contribution is -2.30. The highest BCUT2D eigenvalue weighted by Crippen LogP contribution is 2.26. The molecule has 1 amide bonds. The molecule has 0 bridgehead atoms. The van der Waals surface area contributed by atoms with Gasteiger partial charge in [0.15, 0.2) is 0 Å². The second-order valence-electron chi connectivity index (χ2n) is 2.95. The summed E-state index contributed by atoms with van der Waals surface area (Å²) in [4.78, 5) is 21.3. The van der Waals surface area contributed by atoms with E-state index in [1.54, 1.807) is 5.32 Å². The van der Waals surface area contributed by atoms with Crippen LogP contribution in [0.3, 0.4) is 0 Å². The second kappa shape index (κ2) is 4.74. The van der Waals surface area contributed by atoms with Crippen molar-refractivity contribution in [3.05, 3.63) is 28.2 Å². The number of carbonyl (C=O) groups is 2. The second-order valence-corrected chi connectivity index (χ2v) is 3.81. The summed E-state index contributed by atoms with van der Waals surface area (Å²) in [5.41, 5.74) is -0.488. The number of amides is 1. The van der Waals surface area contributed by atoms with E-state index >= 15 is 0 Å². The predicted molar refractivity (Wildman–Crippen MR) is 55.8 cm³/mol. The molecule has 0 radical (unpaired) electrons. The van der Waals surface area contributed by atoms with Gasteiger partial charge in [-0.2, -0.15) is 13.2 Å². The minimum absolute atomic E-state index is 0.153. The number of halogens is 4. The van der Waals surface area contributed by atoms with Crippen molar-refractivity contribution in [3.8, 4) is 0 Å². The first-order valence-electron chi connectivity index (χ1n) is 4.13. The van der Waals surface area contributed by atoms with E-state index in [2.05, 4.69) is 15.9 Å². The molecule has 1 aromatic rings. The van der Waals surface area contributed by atoms with Crippen LogP contribution in [-0.2, 0) is 4.79 Å². The van der Waals surface area contributed by atoms with Gasteiger partial charge in [-0.3, -0.25) is 4.79 Å². The monoisotopic (exact) mass is 311 g/mol. The Labute approximate surface area is 102 Å². The third-order valence-corrected chi connectivity index (χ3v) is 2.41. The summed E-state index contributed by atoms with van der Waals surface area (Å²) >= 11 is 2.90. The molecular formula is C9H5BrF3NO3. The lowest BCUT2D eigenvalue weighted by molar-refractivity contribution is -0.167. The van der Waals surface area contributed by atoms with Gasteiger partial charge in [-0.15, -0.1) is 0 Å². The number of carboxylic acids is 1. The quantitative estimate of drug-likeness (QED) is 0.882. The average molecular weight is 312 g/mol. The minimum Gasteiger partial charge on any atom is -0.478 e. The molecule has 8 heteroatoms. The topological polar surface area (TPSA) is 66.4 Å². The average Bonchev–Trinajstić information content (AvgIpc) is 2.19. The van der Waals surface area contributed by atoms with E-state index in [0.717, 1.165) is 6.07 Å². The van der Waals surface area contributed by atoms with Gasteiger partial charge in [-0.05, 0) is 34.1 Å². The molecule has 17 heavy (non-hydrogen) atoms. The highest BCUT2D eigenvalue weighted by molar-refractivity contribution is 9.10. The van der Waals surface area contributed by atoms with Crippen molar-refractivity contribution in [3.63, 3.8) is 0 Å². The highest BCUT2D eigenvalue weighted by Gasteiger charge is 2.38. The maximum Gasteiger partial charge on any atom is 0.471 e. The predicted octanol–water partition coefficient (Wildman–Crippen LogP) is 2.65. The molecule has 4 nitrogen and oxygen atoms in total. The van der Waals surface area contributed by atoms with Gasteiger partial charge in [0.1, 0.15) is 0 Å². The number of benzene rings is 1. The van der Waals surface area contributed by atoms with Crippen LogP contribution in [0.5, 0.6) is 0 Å². The van der Waals surface area contributed by atoms with Crippen molar-refractivity contribution in [2.75, 3.05) is 5.32 Å². The molecule has 0 aromatic heterocycles. The molecule has 1 aromatic carbocycles. The molecule has 0 aliphatic rings. The Morgan fingerprint density at radius 2 is 1.88 bits per heavy atom. The first-order chi connectivity index (χ1) is 7.71. The third kappa shape index (κ3) is 3.45. The molecule has 0 fully saturated rings. The normalized spacial score (nSPS) is 11.1. The zero-order chi connectivity index (χ0) is 13.2. The molecule has 0 saturated carbocycles. The number of alkyl halides is 3. The van der Waals surface area contributed by atoms with Crippen LogP contribution in [-0.4, -0.2) is 23.2 Å². The van der Waals surface area contributed by atoms with E-state index in [0.29, 0.717) is 0 Å². The first-order valence-corrected chi connectivity index (χ1v) is 4.92. The summed E-state index contributed by atoms with van der Waals surface area (Å²) in [6.45, 7) is 0. The molecule has 2 N–H and O–H groups in total. The Hall–Kier alpha value is -1.57. The molecule has 0 atom stereocenters. The van der Waals surface area contributed by atoms with Gasteiger partial charge < -0.3 is 10.4 Å². The van der Waals surface area contributed by atoms with E-state index in [-0.39, 0.29) is 15.7 Å². The van der Waals surface area contributed by atoms with E-state index in [1.165, 1.54) is 12.1 Å². The summed E-state index contributed by atoms with van der Waals surface area (Å²) in [6.07, 6.45) is -5.03. The smallest absolute Gasteiger partial charge is 0.471 e. The van der Waals surface area contributed by atoms with E-state index in [1.807, 2.05) is 0 Å². The van der Waals surface area contributed by atoms with Crippen LogP contribution >= 0.6 is 15.9 Å². The largest absolute Gasteiger partial charge is 0.478 e. The third-order valence-electron chi connectivity index (χ3n) is 1.72. The SMILES string of the molecule is O=C(O)c1ccc(Br)c(NC(=O)C(F)(F)F)c1. The maximum absolute atomic E-state index is 12.0. The number of aromatic carboxylic acids is 1. The van der Waals surface area contributed by atoms with Crippen LogP contribution < -0.4 is 5.32 Å². The summed E-state index contributed by atoms with van der Waals surface area (Å²) < 4.78 is 36.1. The Balaban J connectivity index is 3.02. The van der Waals surface area contributed by atoms with Gasteiger partial charge in [0, 0.05) is 4.47 Å². The molecule has 0 unspecified atom stereocenters. The number of carboxylic acid groups (broad SMARTS) is 1. The lowest BCUT2D eigenvalue weighted by Gasteiger charge is -2.10. The highest BCUT2D eigenvalue weighted by atomic mass is 79.9. The van der Waals surface area contributed by atoms with Crippen LogP contribution in [0.1, 0.15) is 10.4 Å². The number of hydrogen-bond donors (Lipinski definition) is 2. The van der Waals surface area contributed by atoms with Gasteiger partial charge >= 0.3 is 18.1 Å². The van der Waals surface area contributed by atoms with Crippen molar-refractivity contribution in [1.29, 1.82) is 0 Å². The standard InChI is InChI=1S/C9H5BrF3NO3/c10-5-2-1-4(7(15)16)3-6(5)14-8(17)9(11,12)13/h1-3H,(H,14,17)(H,15,16). The van der Waals surface area contributed by atoms with Crippen molar-refractivity contribution < 1.29 is 27.9 Å². The fraction of sp³-hybridized carbons (Fsp3) is 0.111. The summed E-state index contributed by atoms with van der Waals surface area (Å²) in [6, 6.07) is 3.35. The van der Waals surface area contributed by atoms with Crippen molar-refractivity contribution in [2.45, 2.75) is 6.18 Å². The zero-order valence-corrected chi connectivity index (χ0v) is 9.59. The van der Waals surface area contributed by atoms with Gasteiger partial charge in [0.25, 0.3) is 0 Å². The van der Waals surface area contributed by atoms with E-state index < -0.39 is 18.1 Å². The number of anilines is 1. The summed E-state index contributed by atoms with van der Waals surface area (Å²) in [5.74, 6) is -3.47. The van der Waals surface area contributed by atoms with Gasteiger partial charge in [0.05, 0.1) is 11.3 Å². The van der Waals surface area contributed by atoms with Crippen LogP contribution in [0.2, 0.25) is 0 Å². The molecule has 1 rings (SSSR count). The molecular weight excluding hydrogens is 307 g/mol. The van der Waals surface area contributed by atoms with Gasteiger partial charge in [0.2, 0.25) is 0 Å². The van der Waals surface area contributed by atoms with Crippen LogP contribution in [0.4, 0.5) is 18.9 Å². The van der Waals surface area contributed by atoms with Crippen LogP contribution in [0.15, 0.2) is 22.7 Å². The fourth-order valence-corrected chi connectivity index (χ4v) is 1.29. The zero-order valence-electron chi connectivity index (χ0n) is 8.01. The molecule has 0 saturated heterocycles. The minimum atomic E-state index is -5.03. The Kier molecular flexibility index (Phi) is 3.76. The van der Waals surface area contributed by atoms with Crippen LogP contribution in [0.25, 0.3) is 0 Å². The van der Waals surface area contributed by atoms with Gasteiger partial charge in [-0.25, -0.2) is 4.79 Å². The molecule has 0 aliphatic carbocycles. The molecule has 92 valence electrons. The Morgan fingerprint density at radius 3 is 2.35 bits per heavy atom. The number of hydrogen-bond acceptors (Lipinski definition) is 2. The maximum atomic E-state index is 12.0. The number of carbonyl (C=O) groups excluding carboxylic acids is 1. The number of rotatable bonds is 2. The lowest BCUT2D eigenvalue weighted by atomic mass is 10.2. The Morgan fingerprint density at radius 1 is 1.29 bits per heavy atom.